The number of piperazine rings is 1. The first-order valence-corrected chi connectivity index (χ1v) is 8.35. The van der Waals surface area contributed by atoms with Gasteiger partial charge in [-0.15, -0.1) is 0 Å². The third-order valence-corrected chi connectivity index (χ3v) is 5.33. The third-order valence-electron chi connectivity index (χ3n) is 5.03. The minimum absolute atomic E-state index is 0.112. The van der Waals surface area contributed by atoms with Crippen molar-refractivity contribution in [3.05, 3.63) is 34.6 Å². The molecule has 118 valence electrons. The number of rotatable bonds is 5. The maximum atomic E-state index is 14.2. The van der Waals surface area contributed by atoms with Crippen LogP contribution in [0.2, 0.25) is 5.02 Å². The van der Waals surface area contributed by atoms with Crippen molar-refractivity contribution in [1.82, 2.24) is 10.2 Å². The van der Waals surface area contributed by atoms with Crippen LogP contribution in [0.4, 0.5) is 4.39 Å². The average molecular weight is 313 g/mol. The highest BCUT2D eigenvalue weighted by atomic mass is 35.5. The summed E-state index contributed by atoms with van der Waals surface area (Å²) in [6.07, 6.45) is 3.22. The van der Waals surface area contributed by atoms with Crippen LogP contribution in [0, 0.1) is 5.82 Å². The van der Waals surface area contributed by atoms with Gasteiger partial charge in [0.2, 0.25) is 0 Å². The first-order valence-electron chi connectivity index (χ1n) is 7.97. The number of hydrogen-bond acceptors (Lipinski definition) is 2. The van der Waals surface area contributed by atoms with Crippen LogP contribution in [0.3, 0.4) is 0 Å². The normalized spacial score (nSPS) is 22.4. The fourth-order valence-electron chi connectivity index (χ4n) is 3.30. The Kier molecular flexibility index (Phi) is 5.64. The van der Waals surface area contributed by atoms with Gasteiger partial charge < -0.3 is 5.32 Å². The molecule has 2 rings (SSSR count). The lowest BCUT2D eigenvalue weighted by molar-refractivity contribution is 0.0230. The van der Waals surface area contributed by atoms with Gasteiger partial charge in [0.05, 0.1) is 5.02 Å². The molecule has 1 aromatic rings. The summed E-state index contributed by atoms with van der Waals surface area (Å²) in [5.41, 5.74) is 0.811. The van der Waals surface area contributed by atoms with Gasteiger partial charge in [0.15, 0.2) is 0 Å². The molecule has 0 aromatic heterocycles. The Morgan fingerprint density at radius 2 is 2.05 bits per heavy atom. The Morgan fingerprint density at radius 1 is 1.33 bits per heavy atom. The number of nitrogens with one attached hydrogen (secondary N) is 1. The van der Waals surface area contributed by atoms with Gasteiger partial charge in [-0.25, -0.2) is 4.39 Å². The number of halogens is 2. The topological polar surface area (TPSA) is 15.3 Å². The van der Waals surface area contributed by atoms with E-state index in [9.17, 15) is 4.39 Å². The van der Waals surface area contributed by atoms with E-state index in [-0.39, 0.29) is 16.4 Å². The fraction of sp³-hybridized carbons (Fsp3) is 0.647. The molecule has 1 atom stereocenters. The molecule has 21 heavy (non-hydrogen) atoms. The first kappa shape index (κ1) is 16.7. The monoisotopic (exact) mass is 312 g/mol. The van der Waals surface area contributed by atoms with Gasteiger partial charge in [-0.3, -0.25) is 4.90 Å². The Morgan fingerprint density at radius 3 is 2.67 bits per heavy atom. The van der Waals surface area contributed by atoms with Gasteiger partial charge in [-0.05, 0) is 25.3 Å². The zero-order valence-electron chi connectivity index (χ0n) is 13.3. The standard InChI is InChI=1S/C17H26ClFN2/c1-4-14-11-21(17(5-2,6-3)12-20-14)10-13-8-7-9-15(18)16(13)19/h7-9,14,20H,4-6,10-12H2,1-3H3. The highest BCUT2D eigenvalue weighted by molar-refractivity contribution is 6.30. The predicted molar refractivity (Wildman–Crippen MR) is 87.2 cm³/mol. The number of benzene rings is 1. The second-order valence-electron chi connectivity index (χ2n) is 6.01. The summed E-state index contributed by atoms with van der Waals surface area (Å²) < 4.78 is 14.2. The molecule has 0 radical (unpaired) electrons. The van der Waals surface area contributed by atoms with Gasteiger partial charge in [0.25, 0.3) is 0 Å². The van der Waals surface area contributed by atoms with E-state index in [1.807, 2.05) is 12.1 Å². The summed E-state index contributed by atoms with van der Waals surface area (Å²) in [5, 5.41) is 3.86. The Labute approximate surface area is 132 Å². The van der Waals surface area contributed by atoms with E-state index < -0.39 is 0 Å². The van der Waals surface area contributed by atoms with Gasteiger partial charge in [0.1, 0.15) is 5.82 Å². The van der Waals surface area contributed by atoms with Crippen molar-refractivity contribution in [1.29, 1.82) is 0 Å². The molecule has 4 heteroatoms. The summed E-state index contributed by atoms with van der Waals surface area (Å²) in [7, 11) is 0. The van der Waals surface area contributed by atoms with Crippen molar-refractivity contribution in [2.24, 2.45) is 0 Å². The second kappa shape index (κ2) is 7.08. The van der Waals surface area contributed by atoms with Crippen LogP contribution in [0.15, 0.2) is 18.2 Å². The first-order chi connectivity index (χ1) is 10.1. The second-order valence-corrected chi connectivity index (χ2v) is 6.42. The maximum absolute atomic E-state index is 14.2. The summed E-state index contributed by atoms with van der Waals surface area (Å²) in [6, 6.07) is 5.78. The summed E-state index contributed by atoms with van der Waals surface area (Å²) in [5.74, 6) is -0.271. The van der Waals surface area contributed by atoms with Crippen molar-refractivity contribution in [2.45, 2.75) is 58.2 Å². The summed E-state index contributed by atoms with van der Waals surface area (Å²) in [4.78, 5) is 2.45. The minimum atomic E-state index is -0.271. The lowest BCUT2D eigenvalue weighted by atomic mass is 9.86. The van der Waals surface area contributed by atoms with Crippen LogP contribution in [-0.2, 0) is 6.54 Å². The predicted octanol–water partition coefficient (Wildman–Crippen LogP) is 4.22. The molecular weight excluding hydrogens is 287 g/mol. The molecule has 1 aliphatic heterocycles. The van der Waals surface area contributed by atoms with Crippen molar-refractivity contribution >= 4 is 11.6 Å². The van der Waals surface area contributed by atoms with Crippen LogP contribution in [0.5, 0.6) is 0 Å². The van der Waals surface area contributed by atoms with Crippen LogP contribution >= 0.6 is 11.6 Å². The fourth-order valence-corrected chi connectivity index (χ4v) is 3.49. The Hall–Kier alpha value is -0.640. The highest BCUT2D eigenvalue weighted by Gasteiger charge is 2.38. The van der Waals surface area contributed by atoms with Crippen LogP contribution in [0.25, 0.3) is 0 Å². The van der Waals surface area contributed by atoms with E-state index in [1.54, 1.807) is 6.07 Å². The van der Waals surface area contributed by atoms with Crippen LogP contribution in [0.1, 0.15) is 45.6 Å². The van der Waals surface area contributed by atoms with Crippen molar-refractivity contribution in [3.8, 4) is 0 Å². The van der Waals surface area contributed by atoms with E-state index in [1.165, 1.54) is 0 Å². The third kappa shape index (κ3) is 3.41. The molecule has 1 unspecified atom stereocenters. The van der Waals surface area contributed by atoms with E-state index in [0.29, 0.717) is 18.2 Å². The Balaban J connectivity index is 2.25. The molecule has 1 aromatic carbocycles. The van der Waals surface area contributed by atoms with Gasteiger partial charge in [-0.1, -0.05) is 44.5 Å². The van der Waals surface area contributed by atoms with E-state index in [2.05, 4.69) is 31.0 Å². The van der Waals surface area contributed by atoms with Crippen LogP contribution in [-0.4, -0.2) is 29.6 Å². The van der Waals surface area contributed by atoms with E-state index in [0.717, 1.165) is 32.4 Å². The molecule has 1 aliphatic rings. The molecule has 0 aliphatic carbocycles. The molecule has 0 amide bonds. The minimum Gasteiger partial charge on any atom is -0.311 e. The maximum Gasteiger partial charge on any atom is 0.146 e. The van der Waals surface area contributed by atoms with Crippen LogP contribution < -0.4 is 5.32 Å². The zero-order valence-corrected chi connectivity index (χ0v) is 14.0. The molecule has 1 heterocycles. The lowest BCUT2D eigenvalue weighted by Gasteiger charge is -2.49. The van der Waals surface area contributed by atoms with E-state index in [4.69, 9.17) is 11.6 Å². The summed E-state index contributed by atoms with van der Waals surface area (Å²) >= 11 is 5.92. The molecule has 1 N–H and O–H groups in total. The lowest BCUT2D eigenvalue weighted by Crippen LogP contribution is -2.63. The molecular formula is C17H26ClFN2. The van der Waals surface area contributed by atoms with Gasteiger partial charge >= 0.3 is 0 Å². The molecule has 0 bridgehead atoms. The SMILES string of the molecule is CCC1CN(Cc2cccc(Cl)c2F)C(CC)(CC)CN1. The highest BCUT2D eigenvalue weighted by Crippen LogP contribution is 2.30. The molecule has 1 fully saturated rings. The molecule has 1 saturated heterocycles. The van der Waals surface area contributed by atoms with E-state index >= 15 is 0 Å². The van der Waals surface area contributed by atoms with Crippen molar-refractivity contribution in [2.75, 3.05) is 13.1 Å². The van der Waals surface area contributed by atoms with Gasteiger partial charge in [-0.2, -0.15) is 0 Å². The smallest absolute Gasteiger partial charge is 0.146 e. The quantitative estimate of drug-likeness (QED) is 0.875. The molecule has 2 nitrogen and oxygen atoms in total. The molecule has 0 saturated carbocycles. The summed E-state index contributed by atoms with van der Waals surface area (Å²) in [6.45, 7) is 9.20. The average Bonchev–Trinajstić information content (AvgIpc) is 2.52. The molecule has 0 spiro atoms. The van der Waals surface area contributed by atoms with Gasteiger partial charge in [0, 0.05) is 36.8 Å². The largest absolute Gasteiger partial charge is 0.311 e. The number of nitrogens with zero attached hydrogens (tertiary/aromatic N) is 1. The van der Waals surface area contributed by atoms with Crippen molar-refractivity contribution in [3.63, 3.8) is 0 Å². The number of hydrogen-bond donors (Lipinski definition) is 1. The zero-order chi connectivity index (χ0) is 15.5. The van der Waals surface area contributed by atoms with Crippen molar-refractivity contribution < 1.29 is 4.39 Å². The Bertz CT molecular complexity index is 474.